The van der Waals surface area contributed by atoms with E-state index in [0.717, 1.165) is 0 Å². The van der Waals surface area contributed by atoms with E-state index in [1.807, 2.05) is 0 Å². The Morgan fingerprint density at radius 2 is 1.86 bits per heavy atom. The van der Waals surface area contributed by atoms with E-state index in [9.17, 15) is 29.7 Å². The molecule has 5 rings (SSSR count). The number of nitrogens with one attached hydrogen (secondary N) is 1. The molecule has 43 heavy (non-hydrogen) atoms. The molecule has 4 unspecified atom stereocenters. The summed E-state index contributed by atoms with van der Waals surface area (Å²) < 4.78 is 22.7. The second kappa shape index (κ2) is 13.0. The highest BCUT2D eigenvalue weighted by atomic mass is 16.7. The van der Waals surface area contributed by atoms with Crippen molar-refractivity contribution in [2.45, 2.75) is 63.5 Å². The number of carbonyl (C=O) groups excluding carboxylic acids is 3. The minimum atomic E-state index is -1.26. The number of nitrogens with zero attached hydrogens (tertiary/aromatic N) is 1. The van der Waals surface area contributed by atoms with E-state index in [4.69, 9.17) is 18.9 Å². The van der Waals surface area contributed by atoms with Crippen LogP contribution < -0.4 is 24.3 Å². The monoisotopic (exact) mass is 596 g/mol. The summed E-state index contributed by atoms with van der Waals surface area (Å²) in [6, 6.07) is 7.65. The van der Waals surface area contributed by atoms with Crippen LogP contribution in [-0.4, -0.2) is 83.1 Å². The van der Waals surface area contributed by atoms with Crippen LogP contribution >= 0.6 is 0 Å². The molecule has 0 spiro atoms. The van der Waals surface area contributed by atoms with Gasteiger partial charge in [0, 0.05) is 37.1 Å². The number of hydrogen-bond donors (Lipinski definition) is 4. The van der Waals surface area contributed by atoms with Crippen molar-refractivity contribution in [3.63, 3.8) is 0 Å². The lowest BCUT2D eigenvalue weighted by molar-refractivity contribution is -0.138. The molecule has 2 amide bonds. The maximum Gasteiger partial charge on any atom is 0.247 e. The highest BCUT2D eigenvalue weighted by Gasteiger charge is 2.51. The number of rotatable bonds is 12. The number of aliphatic hydroxyl groups is 3. The van der Waals surface area contributed by atoms with Crippen LogP contribution in [0.15, 0.2) is 42.0 Å². The summed E-state index contributed by atoms with van der Waals surface area (Å²) in [5.74, 6) is 0.220. The van der Waals surface area contributed by atoms with Gasteiger partial charge in [0.25, 0.3) is 0 Å². The Morgan fingerprint density at radius 1 is 1.07 bits per heavy atom. The molecule has 230 valence electrons. The quantitative estimate of drug-likeness (QED) is 0.281. The number of fused-ring (bicyclic) bond motifs is 4. The zero-order chi connectivity index (χ0) is 30.7. The van der Waals surface area contributed by atoms with Gasteiger partial charge in [0.1, 0.15) is 18.0 Å². The van der Waals surface area contributed by atoms with Crippen LogP contribution in [0.4, 0.5) is 0 Å². The van der Waals surface area contributed by atoms with Crippen molar-refractivity contribution < 1.29 is 48.7 Å². The van der Waals surface area contributed by atoms with Gasteiger partial charge >= 0.3 is 0 Å². The van der Waals surface area contributed by atoms with Gasteiger partial charge in [-0.05, 0) is 54.8 Å². The number of benzene rings is 2. The number of carbonyl (C=O) groups is 3. The first-order chi connectivity index (χ1) is 20.7. The number of ether oxygens (including phenoxy) is 4. The summed E-state index contributed by atoms with van der Waals surface area (Å²) >= 11 is 0. The van der Waals surface area contributed by atoms with Crippen LogP contribution in [0.25, 0.3) is 0 Å². The molecular weight excluding hydrogens is 560 g/mol. The van der Waals surface area contributed by atoms with Crippen molar-refractivity contribution in [3.8, 4) is 23.0 Å². The van der Waals surface area contributed by atoms with Crippen molar-refractivity contribution in [2.24, 2.45) is 0 Å². The summed E-state index contributed by atoms with van der Waals surface area (Å²) in [4.78, 5) is 40.3. The fourth-order valence-corrected chi connectivity index (χ4v) is 5.85. The fourth-order valence-electron chi connectivity index (χ4n) is 5.85. The van der Waals surface area contributed by atoms with Crippen LogP contribution in [0.3, 0.4) is 0 Å². The third-order valence-electron chi connectivity index (χ3n) is 7.88. The summed E-state index contributed by atoms with van der Waals surface area (Å²) in [7, 11) is 1.46. The first-order valence-corrected chi connectivity index (χ1v) is 14.2. The Morgan fingerprint density at radius 3 is 2.58 bits per heavy atom. The zero-order valence-electron chi connectivity index (χ0n) is 24.1. The molecule has 0 saturated carbocycles. The molecule has 2 aromatic carbocycles. The maximum absolute atomic E-state index is 13.7. The Labute approximate surface area is 248 Å². The van der Waals surface area contributed by atoms with Crippen LogP contribution in [0.5, 0.6) is 23.0 Å². The first kappa shape index (κ1) is 30.3. The predicted molar refractivity (Wildman–Crippen MR) is 152 cm³/mol. The van der Waals surface area contributed by atoms with E-state index in [2.05, 4.69) is 5.32 Å². The van der Waals surface area contributed by atoms with E-state index in [1.165, 1.54) is 18.9 Å². The molecule has 2 aliphatic heterocycles. The van der Waals surface area contributed by atoms with Gasteiger partial charge in [0.2, 0.25) is 18.6 Å². The number of Topliss-reactive ketones (excluding diaryl/α,β-unsaturated/α-hetero) is 1. The standard InChI is InChI=1S/C31H36N2O10/c1-17(36)4-3-5-26(37)33(14-18-6-7-23-24(11-18)42-16-41-23)22-13-21(31(39)32-8-9-34)27-20-10-19(15-35)12-25(40-2)29(20)43-30(27)28(22)38/h6-7,10-13,22,27-28,30,34-35,38H,3-5,8-9,14-16H2,1-2H3,(H,32,39). The average Bonchev–Trinajstić information content (AvgIpc) is 3.63. The van der Waals surface area contributed by atoms with Crippen LogP contribution in [0.2, 0.25) is 0 Å². The molecule has 12 nitrogen and oxygen atoms in total. The molecule has 0 saturated heterocycles. The van der Waals surface area contributed by atoms with Gasteiger partial charge in [0.05, 0.1) is 32.3 Å². The van der Waals surface area contributed by atoms with Gasteiger partial charge in [0.15, 0.2) is 23.0 Å². The smallest absolute Gasteiger partial charge is 0.247 e. The molecule has 2 aromatic rings. The van der Waals surface area contributed by atoms with E-state index < -0.39 is 30.1 Å². The lowest BCUT2D eigenvalue weighted by Gasteiger charge is -2.41. The van der Waals surface area contributed by atoms with E-state index >= 15 is 0 Å². The fraction of sp³-hybridized carbons (Fsp3) is 0.452. The molecule has 12 heteroatoms. The van der Waals surface area contributed by atoms with Gasteiger partial charge in [-0.1, -0.05) is 6.07 Å². The average molecular weight is 597 g/mol. The van der Waals surface area contributed by atoms with E-state index in [-0.39, 0.29) is 63.2 Å². The Hall–Kier alpha value is -4.13. The third kappa shape index (κ3) is 6.17. The van der Waals surface area contributed by atoms with E-state index in [0.29, 0.717) is 46.1 Å². The van der Waals surface area contributed by atoms with Crippen LogP contribution in [-0.2, 0) is 27.5 Å². The molecule has 4 atom stereocenters. The van der Waals surface area contributed by atoms with Crippen LogP contribution in [0, 0.1) is 0 Å². The van der Waals surface area contributed by atoms with Crippen LogP contribution in [0.1, 0.15) is 48.8 Å². The van der Waals surface area contributed by atoms with Crippen molar-refractivity contribution >= 4 is 17.6 Å². The molecule has 0 aromatic heterocycles. The van der Waals surface area contributed by atoms with Crippen molar-refractivity contribution in [2.75, 3.05) is 27.1 Å². The number of methoxy groups -OCH3 is 1. The SMILES string of the molecule is COc1cc(CO)cc2c1OC1C2C(C(=O)NCCO)=CC(N(Cc2ccc3c(c2)OCO3)C(=O)CCCC(C)=O)C1O. The van der Waals surface area contributed by atoms with Crippen molar-refractivity contribution in [1.29, 1.82) is 0 Å². The first-order valence-electron chi connectivity index (χ1n) is 14.2. The van der Waals surface area contributed by atoms with E-state index in [1.54, 1.807) is 36.4 Å². The lowest BCUT2D eigenvalue weighted by atomic mass is 9.77. The Kier molecular flexibility index (Phi) is 9.19. The second-order valence-electron chi connectivity index (χ2n) is 10.8. The van der Waals surface area contributed by atoms with Gasteiger partial charge in [-0.2, -0.15) is 0 Å². The molecule has 0 radical (unpaired) electrons. The lowest BCUT2D eigenvalue weighted by Crippen LogP contribution is -2.55. The summed E-state index contributed by atoms with van der Waals surface area (Å²) in [5.41, 5.74) is 2.06. The molecule has 3 aliphatic rings. The minimum absolute atomic E-state index is 0.000612. The van der Waals surface area contributed by atoms with Gasteiger partial charge in [-0.3, -0.25) is 9.59 Å². The van der Waals surface area contributed by atoms with Gasteiger partial charge < -0.3 is 49.3 Å². The third-order valence-corrected chi connectivity index (χ3v) is 7.88. The summed E-state index contributed by atoms with van der Waals surface area (Å²) in [5, 5.41) is 33.7. The Bertz CT molecular complexity index is 1420. The summed E-state index contributed by atoms with van der Waals surface area (Å²) in [6.07, 6.45) is -0.0394. The maximum atomic E-state index is 13.7. The molecule has 0 fully saturated rings. The molecule has 2 heterocycles. The minimum Gasteiger partial charge on any atom is -0.493 e. The van der Waals surface area contributed by atoms with Gasteiger partial charge in [-0.15, -0.1) is 0 Å². The number of ketones is 1. The molecular formula is C31H36N2O10. The van der Waals surface area contributed by atoms with Crippen molar-refractivity contribution in [3.05, 3.63) is 58.7 Å². The number of aliphatic hydroxyl groups excluding tert-OH is 3. The second-order valence-corrected chi connectivity index (χ2v) is 10.8. The van der Waals surface area contributed by atoms with Crippen molar-refractivity contribution in [1.82, 2.24) is 10.2 Å². The molecule has 4 N–H and O–H groups in total. The zero-order valence-corrected chi connectivity index (χ0v) is 24.1. The Balaban J connectivity index is 1.56. The normalized spacial score (nSPS) is 21.3. The predicted octanol–water partition coefficient (Wildman–Crippen LogP) is 1.33. The molecule has 0 bridgehead atoms. The highest BCUT2D eigenvalue weighted by Crippen LogP contribution is 2.51. The number of hydrogen-bond acceptors (Lipinski definition) is 10. The topological polar surface area (TPSA) is 164 Å². The largest absolute Gasteiger partial charge is 0.493 e. The highest BCUT2D eigenvalue weighted by molar-refractivity contribution is 5.96. The number of amides is 2. The van der Waals surface area contributed by atoms with Gasteiger partial charge in [-0.25, -0.2) is 0 Å². The molecule has 1 aliphatic carbocycles. The summed E-state index contributed by atoms with van der Waals surface area (Å²) in [6.45, 7) is 1.07.